The molecule has 1 aliphatic carbocycles. The number of nitrogens with zero attached hydrogens (tertiary/aromatic N) is 4. The van der Waals surface area contributed by atoms with Gasteiger partial charge >= 0.3 is 6.03 Å². The van der Waals surface area contributed by atoms with E-state index >= 15 is 0 Å². The van der Waals surface area contributed by atoms with E-state index in [9.17, 15) is 9.59 Å². The van der Waals surface area contributed by atoms with E-state index in [0.717, 1.165) is 30.5 Å². The van der Waals surface area contributed by atoms with Crippen LogP contribution in [0.15, 0.2) is 6.07 Å². The van der Waals surface area contributed by atoms with Crippen molar-refractivity contribution in [2.45, 2.75) is 19.3 Å². The Morgan fingerprint density at radius 3 is 2.37 bits per heavy atom. The molecule has 1 aromatic rings. The topological polar surface area (TPSA) is 75.2 Å². The van der Waals surface area contributed by atoms with Gasteiger partial charge in [0.15, 0.2) is 0 Å². The fraction of sp³-hybridized carbons (Fsp3) is 0.632. The summed E-state index contributed by atoms with van der Waals surface area (Å²) in [4.78, 5) is 35.6. The Morgan fingerprint density at radius 1 is 1.00 bits per heavy atom. The first-order valence-corrected chi connectivity index (χ1v) is 9.65. The number of carbonyl (C=O) groups excluding carboxylic acids is 2. The molecule has 3 aliphatic rings. The minimum Gasteiger partial charge on any atom is -0.480 e. The Kier molecular flexibility index (Phi) is 5.15. The molecular formula is C19H26N4O4. The predicted molar refractivity (Wildman–Crippen MR) is 98.1 cm³/mol. The third-order valence-electron chi connectivity index (χ3n) is 5.56. The Hall–Kier alpha value is -2.35. The van der Waals surface area contributed by atoms with Crippen molar-refractivity contribution in [3.8, 4) is 5.88 Å². The van der Waals surface area contributed by atoms with Crippen molar-refractivity contribution in [1.82, 2.24) is 19.7 Å². The summed E-state index contributed by atoms with van der Waals surface area (Å²) in [5, 5.41) is 0. The molecule has 8 nitrogen and oxygen atoms in total. The number of aromatic nitrogens is 1. The van der Waals surface area contributed by atoms with Gasteiger partial charge in [0, 0.05) is 45.0 Å². The van der Waals surface area contributed by atoms with Crippen molar-refractivity contribution in [2.24, 2.45) is 0 Å². The lowest BCUT2D eigenvalue weighted by Crippen LogP contribution is -2.55. The van der Waals surface area contributed by atoms with E-state index < -0.39 is 0 Å². The summed E-state index contributed by atoms with van der Waals surface area (Å²) in [6.07, 6.45) is 2.99. The highest BCUT2D eigenvalue weighted by Gasteiger charge is 2.30. The van der Waals surface area contributed by atoms with Crippen LogP contribution in [0.2, 0.25) is 0 Å². The van der Waals surface area contributed by atoms with Gasteiger partial charge in [0.1, 0.15) is 5.56 Å². The van der Waals surface area contributed by atoms with Crippen LogP contribution in [-0.2, 0) is 17.6 Å². The molecule has 1 aromatic heterocycles. The van der Waals surface area contributed by atoms with Crippen molar-refractivity contribution in [2.75, 3.05) is 59.6 Å². The quantitative estimate of drug-likeness (QED) is 0.765. The Labute approximate surface area is 159 Å². The van der Waals surface area contributed by atoms with Gasteiger partial charge in [-0.05, 0) is 30.9 Å². The molecule has 3 amide bonds. The van der Waals surface area contributed by atoms with E-state index in [1.807, 2.05) is 15.9 Å². The van der Waals surface area contributed by atoms with Crippen LogP contribution >= 0.6 is 0 Å². The van der Waals surface area contributed by atoms with Crippen LogP contribution in [0.25, 0.3) is 0 Å². The van der Waals surface area contributed by atoms with E-state index in [2.05, 4.69) is 4.98 Å². The minimum absolute atomic E-state index is 0.0437. The summed E-state index contributed by atoms with van der Waals surface area (Å²) < 4.78 is 10.7. The van der Waals surface area contributed by atoms with E-state index in [0.29, 0.717) is 63.9 Å². The number of piperazine rings is 1. The van der Waals surface area contributed by atoms with Crippen molar-refractivity contribution < 1.29 is 19.1 Å². The average Bonchev–Trinajstić information content (AvgIpc) is 3.20. The first kappa shape index (κ1) is 18.0. The number of urea groups is 1. The lowest BCUT2D eigenvalue weighted by atomic mass is 10.1. The van der Waals surface area contributed by atoms with Crippen LogP contribution in [0.4, 0.5) is 4.79 Å². The molecule has 0 saturated carbocycles. The Bertz CT molecular complexity index is 725. The molecule has 0 atom stereocenters. The van der Waals surface area contributed by atoms with Gasteiger partial charge in [-0.1, -0.05) is 0 Å². The van der Waals surface area contributed by atoms with Gasteiger partial charge in [-0.25, -0.2) is 9.78 Å². The number of carbonyl (C=O) groups is 2. The van der Waals surface area contributed by atoms with Crippen LogP contribution < -0.4 is 4.74 Å². The van der Waals surface area contributed by atoms with Gasteiger partial charge in [-0.2, -0.15) is 0 Å². The molecule has 3 heterocycles. The highest BCUT2D eigenvalue weighted by atomic mass is 16.5. The monoisotopic (exact) mass is 374 g/mol. The van der Waals surface area contributed by atoms with Crippen LogP contribution in [0.5, 0.6) is 5.88 Å². The molecule has 0 aromatic carbocycles. The number of ether oxygens (including phenoxy) is 2. The van der Waals surface area contributed by atoms with E-state index in [1.54, 1.807) is 12.0 Å². The lowest BCUT2D eigenvalue weighted by molar-refractivity contribution is 0.0362. The number of amides is 3. The number of morpholine rings is 1. The molecule has 27 heavy (non-hydrogen) atoms. The normalized spacial score (nSPS) is 19.8. The smallest absolute Gasteiger partial charge is 0.320 e. The van der Waals surface area contributed by atoms with Crippen LogP contribution in [0.3, 0.4) is 0 Å². The van der Waals surface area contributed by atoms with Crippen LogP contribution in [0, 0.1) is 0 Å². The number of hydrogen-bond donors (Lipinski definition) is 0. The molecule has 0 unspecified atom stereocenters. The van der Waals surface area contributed by atoms with Gasteiger partial charge in [0.2, 0.25) is 5.88 Å². The maximum Gasteiger partial charge on any atom is 0.320 e. The summed E-state index contributed by atoms with van der Waals surface area (Å²) >= 11 is 0. The number of pyridine rings is 1. The summed E-state index contributed by atoms with van der Waals surface area (Å²) in [6.45, 7) is 4.59. The van der Waals surface area contributed by atoms with E-state index in [-0.39, 0.29) is 11.9 Å². The fourth-order valence-corrected chi connectivity index (χ4v) is 3.99. The molecule has 146 valence electrons. The van der Waals surface area contributed by atoms with Gasteiger partial charge in [0.25, 0.3) is 5.91 Å². The van der Waals surface area contributed by atoms with Crippen molar-refractivity contribution in [3.05, 3.63) is 22.9 Å². The number of aryl methyl sites for hydroxylation is 2. The summed E-state index contributed by atoms with van der Waals surface area (Å²) in [5.74, 6) is 0.347. The lowest BCUT2D eigenvalue weighted by Gasteiger charge is -2.38. The van der Waals surface area contributed by atoms with Gasteiger partial charge in [-0.15, -0.1) is 0 Å². The molecule has 2 saturated heterocycles. The third kappa shape index (κ3) is 3.58. The minimum atomic E-state index is -0.0625. The molecule has 0 bridgehead atoms. The van der Waals surface area contributed by atoms with Crippen molar-refractivity contribution in [3.63, 3.8) is 0 Å². The molecular weight excluding hydrogens is 348 g/mol. The molecule has 2 aliphatic heterocycles. The standard InChI is InChI=1S/C19H26N4O4/c1-26-17-15(13-14-3-2-4-16(14)20-17)18(24)21-5-7-22(8-6-21)19(25)23-9-11-27-12-10-23/h13H,2-12H2,1H3. The zero-order valence-electron chi connectivity index (χ0n) is 15.8. The molecule has 8 heteroatoms. The molecule has 0 spiro atoms. The first-order valence-electron chi connectivity index (χ1n) is 9.65. The second-order valence-corrected chi connectivity index (χ2v) is 7.17. The van der Waals surface area contributed by atoms with Crippen LogP contribution in [-0.4, -0.2) is 91.2 Å². The molecule has 2 fully saturated rings. The SMILES string of the molecule is COc1nc2c(cc1C(=O)N1CCN(C(=O)N3CCOCC3)CC1)CCC2. The average molecular weight is 374 g/mol. The van der Waals surface area contributed by atoms with E-state index in [1.165, 1.54) is 0 Å². The predicted octanol–water partition coefficient (Wildman–Crippen LogP) is 0.789. The molecule has 0 radical (unpaired) electrons. The fourth-order valence-electron chi connectivity index (χ4n) is 3.99. The van der Waals surface area contributed by atoms with Gasteiger partial charge in [-0.3, -0.25) is 4.79 Å². The summed E-state index contributed by atoms with van der Waals surface area (Å²) in [6, 6.07) is 1.99. The van der Waals surface area contributed by atoms with Crippen molar-refractivity contribution in [1.29, 1.82) is 0 Å². The van der Waals surface area contributed by atoms with Crippen LogP contribution in [0.1, 0.15) is 28.0 Å². The first-order chi connectivity index (χ1) is 13.2. The largest absolute Gasteiger partial charge is 0.480 e. The Balaban J connectivity index is 1.41. The van der Waals surface area contributed by atoms with E-state index in [4.69, 9.17) is 9.47 Å². The second-order valence-electron chi connectivity index (χ2n) is 7.17. The van der Waals surface area contributed by atoms with Gasteiger partial charge < -0.3 is 24.2 Å². The van der Waals surface area contributed by atoms with Crippen molar-refractivity contribution >= 4 is 11.9 Å². The summed E-state index contributed by atoms with van der Waals surface area (Å²) in [5.41, 5.74) is 2.73. The zero-order chi connectivity index (χ0) is 18.8. The maximum absolute atomic E-state index is 13.0. The maximum atomic E-state index is 13.0. The third-order valence-corrected chi connectivity index (χ3v) is 5.56. The molecule has 0 N–H and O–H groups in total. The van der Waals surface area contributed by atoms with Gasteiger partial charge in [0.05, 0.1) is 20.3 Å². The highest BCUT2D eigenvalue weighted by Crippen LogP contribution is 2.27. The molecule has 4 rings (SSSR count). The Morgan fingerprint density at radius 2 is 1.67 bits per heavy atom. The zero-order valence-corrected chi connectivity index (χ0v) is 15.8. The number of rotatable bonds is 2. The summed E-state index contributed by atoms with van der Waals surface area (Å²) in [7, 11) is 1.55. The number of hydrogen-bond acceptors (Lipinski definition) is 5. The number of methoxy groups -OCH3 is 1. The number of fused-ring (bicyclic) bond motifs is 1. The highest BCUT2D eigenvalue weighted by molar-refractivity contribution is 5.97. The second kappa shape index (κ2) is 7.72.